The van der Waals surface area contributed by atoms with E-state index in [2.05, 4.69) is 28.6 Å². The van der Waals surface area contributed by atoms with Gasteiger partial charge in [-0.1, -0.05) is 34.6 Å². The van der Waals surface area contributed by atoms with Crippen LogP contribution in [0, 0.1) is 11.3 Å². The van der Waals surface area contributed by atoms with Crippen molar-refractivity contribution in [3.05, 3.63) is 46.5 Å². The number of nitriles is 1. The molecule has 0 fully saturated rings. The minimum atomic E-state index is 0.696. The predicted molar refractivity (Wildman–Crippen MR) is 52.9 cm³/mol. The van der Waals surface area contributed by atoms with Crippen molar-refractivity contribution in [2.75, 3.05) is 0 Å². The van der Waals surface area contributed by atoms with E-state index in [0.29, 0.717) is 5.56 Å². The van der Waals surface area contributed by atoms with E-state index in [-0.39, 0.29) is 0 Å². The summed E-state index contributed by atoms with van der Waals surface area (Å²) in [7, 11) is 0. The van der Waals surface area contributed by atoms with Crippen molar-refractivity contribution in [2.24, 2.45) is 0 Å². The van der Waals surface area contributed by atoms with Crippen LogP contribution in [0.5, 0.6) is 0 Å². The van der Waals surface area contributed by atoms with E-state index in [1.807, 2.05) is 18.2 Å². The zero-order valence-electron chi connectivity index (χ0n) is 6.55. The van der Waals surface area contributed by atoms with Crippen molar-refractivity contribution in [3.63, 3.8) is 0 Å². The Labute approximate surface area is 80.5 Å². The first-order valence-electron chi connectivity index (χ1n) is 3.54. The van der Waals surface area contributed by atoms with Gasteiger partial charge in [0, 0.05) is 6.42 Å². The number of allylic oxidation sites excluding steroid dienone is 1. The highest BCUT2D eigenvalue weighted by molar-refractivity contribution is 9.11. The SMILES string of the molecule is C=C(Br)Cc1cccc(C#N)c1. The van der Waals surface area contributed by atoms with Gasteiger partial charge in [-0.05, 0) is 22.2 Å². The maximum Gasteiger partial charge on any atom is 0.0991 e. The molecule has 0 bridgehead atoms. The van der Waals surface area contributed by atoms with E-state index in [9.17, 15) is 0 Å². The first-order valence-corrected chi connectivity index (χ1v) is 4.34. The molecular weight excluding hydrogens is 214 g/mol. The third kappa shape index (κ3) is 2.52. The number of halogens is 1. The number of hydrogen-bond donors (Lipinski definition) is 0. The highest BCUT2D eigenvalue weighted by atomic mass is 79.9. The molecule has 2 heteroatoms. The second-order valence-corrected chi connectivity index (χ2v) is 3.63. The number of rotatable bonds is 2. The van der Waals surface area contributed by atoms with Gasteiger partial charge < -0.3 is 0 Å². The van der Waals surface area contributed by atoms with Crippen LogP contribution in [-0.4, -0.2) is 0 Å². The Bertz CT molecular complexity index is 336. The lowest BCUT2D eigenvalue weighted by Gasteiger charge is -1.98. The molecule has 0 N–H and O–H groups in total. The quantitative estimate of drug-likeness (QED) is 0.754. The fourth-order valence-electron chi connectivity index (χ4n) is 0.972. The zero-order valence-corrected chi connectivity index (χ0v) is 8.13. The fraction of sp³-hybridized carbons (Fsp3) is 0.100. The van der Waals surface area contributed by atoms with Crippen LogP contribution >= 0.6 is 15.9 Å². The summed E-state index contributed by atoms with van der Waals surface area (Å²) in [6, 6.07) is 9.61. The molecule has 1 aromatic carbocycles. The lowest BCUT2D eigenvalue weighted by Crippen LogP contribution is -1.84. The van der Waals surface area contributed by atoms with Gasteiger partial charge in [-0.3, -0.25) is 0 Å². The average Bonchev–Trinajstić information content (AvgIpc) is 2.03. The molecule has 1 rings (SSSR count). The van der Waals surface area contributed by atoms with E-state index in [4.69, 9.17) is 5.26 Å². The molecule has 0 unspecified atom stereocenters. The maximum atomic E-state index is 8.61. The molecule has 0 saturated carbocycles. The first kappa shape index (κ1) is 9.02. The second-order valence-electron chi connectivity index (χ2n) is 2.51. The number of hydrogen-bond acceptors (Lipinski definition) is 1. The third-order valence-corrected chi connectivity index (χ3v) is 1.73. The zero-order chi connectivity index (χ0) is 8.97. The van der Waals surface area contributed by atoms with E-state index >= 15 is 0 Å². The summed E-state index contributed by atoms with van der Waals surface area (Å²) >= 11 is 3.28. The Morgan fingerprint density at radius 3 is 2.92 bits per heavy atom. The molecule has 0 spiro atoms. The largest absolute Gasteiger partial charge is 0.192 e. The molecule has 1 aromatic rings. The molecule has 0 aliphatic rings. The molecule has 0 aromatic heterocycles. The van der Waals surface area contributed by atoms with Gasteiger partial charge in [0.2, 0.25) is 0 Å². The predicted octanol–water partition coefficient (Wildman–Crippen LogP) is 3.01. The minimum absolute atomic E-state index is 0.696. The van der Waals surface area contributed by atoms with Gasteiger partial charge in [0.05, 0.1) is 11.6 Å². The topological polar surface area (TPSA) is 23.8 Å². The van der Waals surface area contributed by atoms with Crippen LogP contribution in [0.25, 0.3) is 0 Å². The van der Waals surface area contributed by atoms with Crippen LogP contribution in [0.15, 0.2) is 35.3 Å². The van der Waals surface area contributed by atoms with E-state index < -0.39 is 0 Å². The molecule has 0 saturated heterocycles. The van der Waals surface area contributed by atoms with Crippen LogP contribution in [0.1, 0.15) is 11.1 Å². The Morgan fingerprint density at radius 1 is 1.58 bits per heavy atom. The molecule has 60 valence electrons. The van der Waals surface area contributed by atoms with Crippen molar-refractivity contribution < 1.29 is 0 Å². The molecule has 0 aliphatic carbocycles. The highest BCUT2D eigenvalue weighted by Gasteiger charge is 1.95. The van der Waals surface area contributed by atoms with Gasteiger partial charge in [-0.15, -0.1) is 0 Å². The van der Waals surface area contributed by atoms with Gasteiger partial charge in [0.15, 0.2) is 0 Å². The number of nitrogens with zero attached hydrogens (tertiary/aromatic N) is 1. The molecule has 12 heavy (non-hydrogen) atoms. The molecule has 0 heterocycles. The average molecular weight is 222 g/mol. The van der Waals surface area contributed by atoms with Crippen LogP contribution < -0.4 is 0 Å². The maximum absolute atomic E-state index is 8.61. The summed E-state index contributed by atoms with van der Waals surface area (Å²) in [5.41, 5.74) is 1.80. The van der Waals surface area contributed by atoms with Crippen molar-refractivity contribution in [2.45, 2.75) is 6.42 Å². The standard InChI is InChI=1S/C10H8BrN/c1-8(11)5-9-3-2-4-10(6-9)7-12/h2-4,6H,1,5H2. The van der Waals surface area contributed by atoms with Gasteiger partial charge in [0.1, 0.15) is 0 Å². The second kappa shape index (κ2) is 4.08. The highest BCUT2D eigenvalue weighted by Crippen LogP contribution is 2.12. The lowest BCUT2D eigenvalue weighted by molar-refractivity contribution is 1.25. The van der Waals surface area contributed by atoms with Crippen LogP contribution in [-0.2, 0) is 6.42 Å². The summed E-state index contributed by atoms with van der Waals surface area (Å²) in [6.45, 7) is 3.74. The van der Waals surface area contributed by atoms with Gasteiger partial charge in [0.25, 0.3) is 0 Å². The van der Waals surface area contributed by atoms with Crippen LogP contribution in [0.2, 0.25) is 0 Å². The summed E-state index contributed by atoms with van der Waals surface area (Å²) < 4.78 is 0.928. The Hall–Kier alpha value is -1.07. The third-order valence-electron chi connectivity index (χ3n) is 1.45. The van der Waals surface area contributed by atoms with E-state index in [1.165, 1.54) is 0 Å². The molecule has 0 atom stereocenters. The van der Waals surface area contributed by atoms with E-state index in [0.717, 1.165) is 16.5 Å². The smallest absolute Gasteiger partial charge is 0.0991 e. The normalized spacial score (nSPS) is 9.00. The Balaban J connectivity index is 2.88. The Kier molecular flexibility index (Phi) is 3.07. The van der Waals surface area contributed by atoms with Gasteiger partial charge in [-0.2, -0.15) is 5.26 Å². The monoisotopic (exact) mass is 221 g/mol. The van der Waals surface area contributed by atoms with E-state index in [1.54, 1.807) is 6.07 Å². The van der Waals surface area contributed by atoms with Gasteiger partial charge >= 0.3 is 0 Å². The van der Waals surface area contributed by atoms with Crippen molar-refractivity contribution in [3.8, 4) is 6.07 Å². The fourth-order valence-corrected chi connectivity index (χ4v) is 1.30. The summed E-state index contributed by atoms with van der Waals surface area (Å²) in [6.07, 6.45) is 0.773. The summed E-state index contributed by atoms with van der Waals surface area (Å²) in [4.78, 5) is 0. The molecule has 0 aliphatic heterocycles. The molecular formula is C10H8BrN. The van der Waals surface area contributed by atoms with Gasteiger partial charge in [-0.25, -0.2) is 0 Å². The summed E-state index contributed by atoms with van der Waals surface area (Å²) in [5.74, 6) is 0. The molecule has 0 radical (unpaired) electrons. The summed E-state index contributed by atoms with van der Waals surface area (Å²) in [5, 5.41) is 8.61. The Morgan fingerprint density at radius 2 is 2.33 bits per heavy atom. The first-order chi connectivity index (χ1) is 5.72. The van der Waals surface area contributed by atoms with Crippen molar-refractivity contribution in [1.82, 2.24) is 0 Å². The lowest BCUT2D eigenvalue weighted by atomic mass is 10.1. The van der Waals surface area contributed by atoms with Crippen molar-refractivity contribution in [1.29, 1.82) is 5.26 Å². The molecule has 0 amide bonds. The number of benzene rings is 1. The molecule has 1 nitrogen and oxygen atoms in total. The minimum Gasteiger partial charge on any atom is -0.192 e. The van der Waals surface area contributed by atoms with Crippen molar-refractivity contribution >= 4 is 15.9 Å². The van der Waals surface area contributed by atoms with Crippen LogP contribution in [0.3, 0.4) is 0 Å². The van der Waals surface area contributed by atoms with Crippen LogP contribution in [0.4, 0.5) is 0 Å².